The summed E-state index contributed by atoms with van der Waals surface area (Å²) in [6.45, 7) is 1.84. The van der Waals surface area contributed by atoms with Crippen molar-refractivity contribution in [2.24, 2.45) is 11.8 Å². The van der Waals surface area contributed by atoms with Crippen molar-refractivity contribution in [2.45, 2.75) is 63.3 Å². The number of fused-ring (bicyclic) bond motifs is 3. The SMILES string of the molecule is CN1CC/C=C/[C@H](O)[C@@H]2CC[C@H]2CN2CCCCc3cc(Cl)ccc3COc3ccc(nc32)C(O)(C(=O)O)CC1=O. The number of aromatic nitrogens is 1. The van der Waals surface area contributed by atoms with Gasteiger partial charge in [0.05, 0.1) is 18.2 Å². The van der Waals surface area contributed by atoms with Crippen LogP contribution in [0.5, 0.6) is 5.75 Å². The molecule has 1 saturated carbocycles. The van der Waals surface area contributed by atoms with Gasteiger partial charge in [0.15, 0.2) is 11.6 Å². The van der Waals surface area contributed by atoms with Crippen molar-refractivity contribution in [1.82, 2.24) is 9.88 Å². The molecule has 2 bridgehead atoms. The van der Waals surface area contributed by atoms with E-state index in [4.69, 9.17) is 21.3 Å². The molecule has 0 saturated heterocycles. The first-order valence-corrected chi connectivity index (χ1v) is 14.7. The Morgan fingerprint density at radius 3 is 2.73 bits per heavy atom. The van der Waals surface area contributed by atoms with Gasteiger partial charge in [0.1, 0.15) is 6.61 Å². The molecule has 1 fully saturated rings. The molecule has 3 aliphatic rings. The van der Waals surface area contributed by atoms with Crippen LogP contribution in [0.4, 0.5) is 5.82 Å². The summed E-state index contributed by atoms with van der Waals surface area (Å²) in [5, 5.41) is 33.1. The highest BCUT2D eigenvalue weighted by atomic mass is 35.5. The molecule has 5 rings (SSSR count). The van der Waals surface area contributed by atoms with E-state index < -0.39 is 30.0 Å². The maximum absolute atomic E-state index is 13.0. The highest BCUT2D eigenvalue weighted by molar-refractivity contribution is 6.30. The average molecular weight is 584 g/mol. The van der Waals surface area contributed by atoms with Crippen molar-refractivity contribution in [2.75, 3.05) is 31.6 Å². The fourth-order valence-electron chi connectivity index (χ4n) is 5.99. The van der Waals surface area contributed by atoms with Gasteiger partial charge in [0, 0.05) is 31.7 Å². The molecule has 41 heavy (non-hydrogen) atoms. The predicted octanol–water partition coefficient (Wildman–Crippen LogP) is 3.92. The predicted molar refractivity (Wildman–Crippen MR) is 155 cm³/mol. The van der Waals surface area contributed by atoms with E-state index in [2.05, 4.69) is 4.90 Å². The standard InChI is InChI=1S/C31H38ClN3O6/c1-34-14-4-3-7-25(36)24-11-9-21(24)18-35-15-5-2-6-20-16-23(32)10-8-22(20)19-41-26-12-13-27(33-29(26)35)31(40,30(38)39)17-28(34)37/h3,7-8,10,12-13,16,21,24-25,36,40H,2,4-6,9,11,14-15,17-19H2,1H3,(H,38,39)/b7-3+/t21-,24+,25-,31?/m0/s1. The molecule has 10 heteroatoms. The van der Waals surface area contributed by atoms with E-state index in [0.717, 1.165) is 43.2 Å². The van der Waals surface area contributed by atoms with Gasteiger partial charge in [-0.05, 0) is 85.8 Å². The number of halogens is 1. The maximum Gasteiger partial charge on any atom is 0.342 e. The van der Waals surface area contributed by atoms with Crippen LogP contribution in [0, 0.1) is 11.8 Å². The van der Waals surface area contributed by atoms with E-state index >= 15 is 0 Å². The van der Waals surface area contributed by atoms with E-state index in [1.807, 2.05) is 24.3 Å². The fraction of sp³-hybridized carbons (Fsp3) is 0.516. The van der Waals surface area contributed by atoms with Crippen LogP contribution in [0.3, 0.4) is 0 Å². The zero-order valence-electron chi connectivity index (χ0n) is 23.3. The van der Waals surface area contributed by atoms with Gasteiger partial charge >= 0.3 is 5.97 Å². The molecular formula is C31H38ClN3O6. The van der Waals surface area contributed by atoms with Crippen LogP contribution in [0.2, 0.25) is 5.02 Å². The van der Waals surface area contributed by atoms with E-state index in [0.29, 0.717) is 42.6 Å². The highest BCUT2D eigenvalue weighted by Gasteiger charge is 2.44. The van der Waals surface area contributed by atoms with Crippen LogP contribution >= 0.6 is 11.6 Å². The molecule has 1 amide bonds. The van der Waals surface area contributed by atoms with Crippen LogP contribution in [-0.4, -0.2) is 69.9 Å². The quantitative estimate of drug-likeness (QED) is 0.432. The Morgan fingerprint density at radius 1 is 1.15 bits per heavy atom. The summed E-state index contributed by atoms with van der Waals surface area (Å²) in [4.78, 5) is 33.7. The lowest BCUT2D eigenvalue weighted by Crippen LogP contribution is -2.45. The molecule has 2 aliphatic heterocycles. The maximum atomic E-state index is 13.0. The van der Waals surface area contributed by atoms with Gasteiger partial charge in [0.25, 0.3) is 0 Å². The van der Waals surface area contributed by atoms with E-state index in [1.54, 1.807) is 19.2 Å². The molecule has 220 valence electrons. The van der Waals surface area contributed by atoms with Crippen LogP contribution < -0.4 is 9.64 Å². The number of nitrogens with zero attached hydrogens (tertiary/aromatic N) is 3. The summed E-state index contributed by atoms with van der Waals surface area (Å²) in [7, 11) is 1.57. The molecule has 0 spiro atoms. The Bertz CT molecular complexity index is 1320. The summed E-state index contributed by atoms with van der Waals surface area (Å²) in [6.07, 6.45) is 7.39. The number of carbonyl (C=O) groups excluding carboxylic acids is 1. The van der Waals surface area contributed by atoms with Gasteiger partial charge in [-0.15, -0.1) is 0 Å². The Labute approximate surface area is 245 Å². The summed E-state index contributed by atoms with van der Waals surface area (Å²) in [5.74, 6) is -0.855. The van der Waals surface area contributed by atoms with E-state index in [9.17, 15) is 24.9 Å². The molecule has 4 atom stereocenters. The van der Waals surface area contributed by atoms with Crippen molar-refractivity contribution in [1.29, 1.82) is 0 Å². The molecule has 9 nitrogen and oxygen atoms in total. The van der Waals surface area contributed by atoms with Crippen LogP contribution in [0.1, 0.15) is 55.3 Å². The third-order valence-electron chi connectivity index (χ3n) is 8.76. The van der Waals surface area contributed by atoms with E-state index in [1.165, 1.54) is 11.0 Å². The second-order valence-corrected chi connectivity index (χ2v) is 11.9. The number of rotatable bonds is 1. The van der Waals surface area contributed by atoms with Crippen molar-refractivity contribution >= 4 is 29.3 Å². The van der Waals surface area contributed by atoms with Crippen LogP contribution in [0.25, 0.3) is 0 Å². The van der Waals surface area contributed by atoms with Gasteiger partial charge in [0.2, 0.25) is 11.5 Å². The van der Waals surface area contributed by atoms with Crippen molar-refractivity contribution in [3.05, 3.63) is 64.3 Å². The van der Waals surface area contributed by atoms with Gasteiger partial charge in [-0.2, -0.15) is 0 Å². The first kappa shape index (κ1) is 29.4. The Kier molecular flexibility index (Phi) is 8.87. The number of aliphatic carboxylic acids is 1. The number of benzene rings is 1. The normalized spacial score (nSPS) is 28.3. The number of hydrogen-bond donors (Lipinski definition) is 3. The number of aliphatic hydroxyl groups is 2. The summed E-state index contributed by atoms with van der Waals surface area (Å²) >= 11 is 6.28. The van der Waals surface area contributed by atoms with Crippen molar-refractivity contribution < 1.29 is 29.6 Å². The first-order chi connectivity index (χ1) is 19.7. The topological polar surface area (TPSA) is 123 Å². The Balaban J connectivity index is 1.58. The van der Waals surface area contributed by atoms with Crippen molar-refractivity contribution in [3.63, 3.8) is 0 Å². The fourth-order valence-corrected chi connectivity index (χ4v) is 6.18. The van der Waals surface area contributed by atoms with Gasteiger partial charge in [-0.3, -0.25) is 4.79 Å². The third kappa shape index (κ3) is 6.37. The third-order valence-corrected chi connectivity index (χ3v) is 8.99. The molecular weight excluding hydrogens is 546 g/mol. The zero-order valence-corrected chi connectivity index (χ0v) is 24.1. The second kappa shape index (κ2) is 12.4. The lowest BCUT2D eigenvalue weighted by Gasteiger charge is -2.42. The first-order valence-electron chi connectivity index (χ1n) is 14.4. The molecule has 3 heterocycles. The number of carboxylic acid groups (broad SMARTS) is 1. The molecule has 1 aromatic heterocycles. The van der Waals surface area contributed by atoms with E-state index in [-0.39, 0.29) is 24.1 Å². The molecule has 0 radical (unpaired) electrons. The monoisotopic (exact) mass is 583 g/mol. The zero-order chi connectivity index (χ0) is 29.1. The minimum absolute atomic E-state index is 0.0894. The van der Waals surface area contributed by atoms with Gasteiger partial charge in [-0.25, -0.2) is 9.78 Å². The van der Waals surface area contributed by atoms with Crippen LogP contribution in [0.15, 0.2) is 42.5 Å². The highest BCUT2D eigenvalue weighted by Crippen LogP contribution is 2.41. The summed E-state index contributed by atoms with van der Waals surface area (Å²) in [5.41, 5.74) is -0.487. The molecule has 1 aliphatic carbocycles. The number of aryl methyl sites for hydroxylation is 1. The minimum Gasteiger partial charge on any atom is -0.485 e. The Hall–Kier alpha value is -3.14. The number of carbonyl (C=O) groups is 2. The number of hydrogen-bond acceptors (Lipinski definition) is 7. The summed E-state index contributed by atoms with van der Waals surface area (Å²) in [6, 6.07) is 8.84. The number of pyridine rings is 1. The Morgan fingerprint density at radius 2 is 1.98 bits per heavy atom. The van der Waals surface area contributed by atoms with Crippen LogP contribution in [-0.2, 0) is 28.2 Å². The number of ether oxygens (including phenoxy) is 1. The lowest BCUT2D eigenvalue weighted by atomic mass is 9.70. The number of anilines is 1. The molecule has 1 unspecified atom stereocenters. The minimum atomic E-state index is -2.51. The molecule has 1 aromatic carbocycles. The summed E-state index contributed by atoms with van der Waals surface area (Å²) < 4.78 is 6.31. The molecule has 2 aromatic rings. The largest absolute Gasteiger partial charge is 0.485 e. The smallest absolute Gasteiger partial charge is 0.342 e. The number of amides is 1. The molecule has 3 N–H and O–H groups in total. The lowest BCUT2D eigenvalue weighted by molar-refractivity contribution is -0.165. The van der Waals surface area contributed by atoms with Gasteiger partial charge in [-0.1, -0.05) is 29.8 Å². The van der Waals surface area contributed by atoms with Gasteiger partial charge < -0.3 is 29.9 Å². The van der Waals surface area contributed by atoms with Crippen molar-refractivity contribution in [3.8, 4) is 5.75 Å². The number of carboxylic acids is 1. The number of aliphatic hydroxyl groups excluding tert-OH is 1. The average Bonchev–Trinajstić information content (AvgIpc) is 2.95. The second-order valence-electron chi connectivity index (χ2n) is 11.5.